The Bertz CT molecular complexity index is 477. The molecule has 1 rings (SSSR count). The second-order valence-corrected chi connectivity index (χ2v) is 3.46. The van der Waals surface area contributed by atoms with E-state index in [1.54, 1.807) is 13.8 Å². The Morgan fingerprint density at radius 3 is 2.62 bits per heavy atom. The third kappa shape index (κ3) is 2.44. The maximum atomic E-state index is 10.6. The zero-order chi connectivity index (χ0) is 12.3. The van der Waals surface area contributed by atoms with E-state index in [-0.39, 0.29) is 17.0 Å². The minimum atomic E-state index is -0.542. The van der Waals surface area contributed by atoms with Gasteiger partial charge in [0.1, 0.15) is 12.0 Å². The summed E-state index contributed by atoms with van der Waals surface area (Å²) in [4.78, 5) is 20.5. The fourth-order valence-electron chi connectivity index (χ4n) is 1.28. The second-order valence-electron chi connectivity index (χ2n) is 3.46. The Balaban J connectivity index is 3.38. The third-order valence-electron chi connectivity index (χ3n) is 2.09. The Morgan fingerprint density at radius 1 is 1.50 bits per heavy atom. The van der Waals surface area contributed by atoms with Gasteiger partial charge >= 0.3 is 0 Å². The lowest BCUT2D eigenvalue weighted by Gasteiger charge is -2.03. The van der Waals surface area contributed by atoms with E-state index in [0.29, 0.717) is 17.4 Å². The van der Waals surface area contributed by atoms with Crippen LogP contribution in [0.25, 0.3) is 6.08 Å². The van der Waals surface area contributed by atoms with Crippen molar-refractivity contribution in [1.29, 1.82) is 0 Å². The highest BCUT2D eigenvalue weighted by atomic mass is 16.6. The summed E-state index contributed by atoms with van der Waals surface area (Å²) in [6.45, 7) is 3.12. The van der Waals surface area contributed by atoms with Gasteiger partial charge < -0.3 is 5.11 Å². The summed E-state index contributed by atoms with van der Waals surface area (Å²) in [5.41, 5.74) is 0.950. The number of hydrogen-bond acceptors (Lipinski definition) is 4. The van der Waals surface area contributed by atoms with E-state index in [2.05, 4.69) is 0 Å². The quantitative estimate of drug-likeness (QED) is 0.367. The number of aryl methyl sites for hydroxylation is 1. The molecule has 0 radical (unpaired) electrons. The van der Waals surface area contributed by atoms with Crippen molar-refractivity contribution >= 4 is 18.0 Å². The highest BCUT2D eigenvalue weighted by Crippen LogP contribution is 2.29. The number of nitro benzene ring substituents is 1. The number of aromatic hydroxyl groups is 1. The molecule has 84 valence electrons. The highest BCUT2D eigenvalue weighted by Gasteiger charge is 2.12. The lowest BCUT2D eigenvalue weighted by molar-refractivity contribution is -0.384. The number of non-ortho nitro benzene ring substituents is 1. The Labute approximate surface area is 92.2 Å². The van der Waals surface area contributed by atoms with Gasteiger partial charge in [-0.3, -0.25) is 14.9 Å². The Hall–Kier alpha value is -2.17. The molecule has 0 aliphatic carbocycles. The summed E-state index contributed by atoms with van der Waals surface area (Å²) in [6.07, 6.45) is 2.02. The van der Waals surface area contributed by atoms with Crippen LogP contribution in [-0.2, 0) is 4.79 Å². The van der Waals surface area contributed by atoms with Crippen molar-refractivity contribution in [3.05, 3.63) is 38.9 Å². The molecule has 5 heteroatoms. The van der Waals surface area contributed by atoms with Crippen molar-refractivity contribution in [3.63, 3.8) is 0 Å². The predicted molar refractivity (Wildman–Crippen MR) is 59.2 cm³/mol. The van der Waals surface area contributed by atoms with Crippen LogP contribution in [0.1, 0.15) is 18.1 Å². The van der Waals surface area contributed by atoms with Crippen LogP contribution in [0.2, 0.25) is 0 Å². The lowest BCUT2D eigenvalue weighted by Crippen LogP contribution is -1.91. The predicted octanol–water partition coefficient (Wildman–Crippen LogP) is 2.21. The standard InChI is InChI=1S/C11H11NO4/c1-7(6-13)3-9-5-10(12(15)16)4-8(2)11(9)14/h3-6,14H,1-2H3/b7-3+. The van der Waals surface area contributed by atoms with Crippen LogP contribution in [0.15, 0.2) is 17.7 Å². The number of carbonyl (C=O) groups excluding carboxylic acids is 1. The number of phenolic OH excluding ortho intramolecular Hbond substituents is 1. The molecule has 0 spiro atoms. The van der Waals surface area contributed by atoms with E-state index < -0.39 is 4.92 Å². The molecule has 1 aromatic rings. The number of aldehydes is 1. The van der Waals surface area contributed by atoms with E-state index in [1.807, 2.05) is 0 Å². The normalized spacial score (nSPS) is 11.2. The lowest BCUT2D eigenvalue weighted by atomic mass is 10.1. The van der Waals surface area contributed by atoms with E-state index in [1.165, 1.54) is 18.2 Å². The molecule has 0 saturated carbocycles. The molecular formula is C11H11NO4. The van der Waals surface area contributed by atoms with Crippen molar-refractivity contribution < 1.29 is 14.8 Å². The van der Waals surface area contributed by atoms with Crippen molar-refractivity contribution in [2.75, 3.05) is 0 Å². The molecular weight excluding hydrogens is 210 g/mol. The van der Waals surface area contributed by atoms with Gasteiger partial charge in [0.15, 0.2) is 0 Å². The molecule has 0 saturated heterocycles. The van der Waals surface area contributed by atoms with Crippen molar-refractivity contribution in [2.24, 2.45) is 0 Å². The Kier molecular flexibility index (Phi) is 3.40. The maximum absolute atomic E-state index is 10.6. The van der Waals surface area contributed by atoms with E-state index in [0.717, 1.165) is 0 Å². The molecule has 16 heavy (non-hydrogen) atoms. The minimum absolute atomic E-state index is 0.0493. The zero-order valence-corrected chi connectivity index (χ0v) is 8.93. The molecule has 0 atom stereocenters. The van der Waals surface area contributed by atoms with Crippen molar-refractivity contribution in [1.82, 2.24) is 0 Å². The zero-order valence-electron chi connectivity index (χ0n) is 8.93. The number of allylic oxidation sites excluding steroid dienone is 1. The molecule has 1 aromatic carbocycles. The Morgan fingerprint density at radius 2 is 2.12 bits per heavy atom. The van der Waals surface area contributed by atoms with E-state index in [4.69, 9.17) is 0 Å². The molecule has 0 amide bonds. The summed E-state index contributed by atoms with van der Waals surface area (Å²) in [5.74, 6) is -0.0493. The van der Waals surface area contributed by atoms with Gasteiger partial charge in [-0.05, 0) is 31.1 Å². The number of carbonyl (C=O) groups is 1. The summed E-state index contributed by atoms with van der Waals surface area (Å²) in [6, 6.07) is 2.51. The third-order valence-corrected chi connectivity index (χ3v) is 2.09. The maximum Gasteiger partial charge on any atom is 0.270 e. The van der Waals surface area contributed by atoms with Crippen LogP contribution in [0.5, 0.6) is 5.75 Å². The summed E-state index contributed by atoms with van der Waals surface area (Å²) < 4.78 is 0. The van der Waals surface area contributed by atoms with Crippen molar-refractivity contribution in [3.8, 4) is 5.75 Å². The van der Waals surface area contributed by atoms with Crippen LogP contribution in [0, 0.1) is 17.0 Å². The van der Waals surface area contributed by atoms with Crippen LogP contribution in [0.3, 0.4) is 0 Å². The number of hydrogen-bond donors (Lipinski definition) is 1. The van der Waals surface area contributed by atoms with Gasteiger partial charge in [0.05, 0.1) is 4.92 Å². The van der Waals surface area contributed by atoms with E-state index in [9.17, 15) is 20.0 Å². The molecule has 5 nitrogen and oxygen atoms in total. The molecule has 1 N–H and O–H groups in total. The first kappa shape index (κ1) is 11.9. The SMILES string of the molecule is C/C(C=O)=C\c1cc([N+](=O)[O-])cc(C)c1O. The summed E-state index contributed by atoms with van der Waals surface area (Å²) in [5, 5.41) is 20.3. The average Bonchev–Trinajstić information content (AvgIpc) is 2.23. The van der Waals surface area contributed by atoms with Gasteiger partial charge in [0, 0.05) is 17.7 Å². The van der Waals surface area contributed by atoms with Crippen molar-refractivity contribution in [2.45, 2.75) is 13.8 Å². The number of nitro groups is 1. The second kappa shape index (κ2) is 4.57. The number of benzene rings is 1. The van der Waals surface area contributed by atoms with E-state index >= 15 is 0 Å². The van der Waals surface area contributed by atoms with Gasteiger partial charge in [0.2, 0.25) is 0 Å². The van der Waals surface area contributed by atoms with Gasteiger partial charge in [-0.15, -0.1) is 0 Å². The first-order valence-corrected chi connectivity index (χ1v) is 4.57. The summed E-state index contributed by atoms with van der Waals surface area (Å²) >= 11 is 0. The molecule has 0 aliphatic rings. The number of phenols is 1. The van der Waals surface area contributed by atoms with Gasteiger partial charge in [-0.1, -0.05) is 0 Å². The van der Waals surface area contributed by atoms with Gasteiger partial charge in [0.25, 0.3) is 5.69 Å². The number of rotatable bonds is 3. The smallest absolute Gasteiger partial charge is 0.270 e. The first-order chi connectivity index (χ1) is 7.45. The van der Waals surface area contributed by atoms with Crippen LogP contribution >= 0.6 is 0 Å². The van der Waals surface area contributed by atoms with Crippen LogP contribution < -0.4 is 0 Å². The molecule has 0 heterocycles. The molecule has 0 unspecified atom stereocenters. The highest BCUT2D eigenvalue weighted by molar-refractivity contribution is 5.82. The molecule has 0 fully saturated rings. The molecule has 0 aromatic heterocycles. The van der Waals surface area contributed by atoms with Gasteiger partial charge in [-0.2, -0.15) is 0 Å². The fourth-order valence-corrected chi connectivity index (χ4v) is 1.28. The monoisotopic (exact) mass is 221 g/mol. The van der Waals surface area contributed by atoms with Gasteiger partial charge in [-0.25, -0.2) is 0 Å². The number of nitrogens with zero attached hydrogens (tertiary/aromatic N) is 1. The molecule has 0 aliphatic heterocycles. The summed E-state index contributed by atoms with van der Waals surface area (Å²) in [7, 11) is 0. The van der Waals surface area contributed by atoms with Crippen LogP contribution in [-0.4, -0.2) is 16.3 Å². The minimum Gasteiger partial charge on any atom is -0.507 e. The average molecular weight is 221 g/mol. The fraction of sp³-hybridized carbons (Fsp3) is 0.182. The van der Waals surface area contributed by atoms with Crippen LogP contribution in [0.4, 0.5) is 5.69 Å². The molecule has 0 bridgehead atoms. The first-order valence-electron chi connectivity index (χ1n) is 4.57. The largest absolute Gasteiger partial charge is 0.507 e. The topological polar surface area (TPSA) is 80.4 Å².